The van der Waals surface area contributed by atoms with E-state index in [1.807, 2.05) is 54.6 Å². The van der Waals surface area contributed by atoms with Gasteiger partial charge in [0.25, 0.3) is 5.91 Å². The van der Waals surface area contributed by atoms with E-state index in [4.69, 9.17) is 0 Å². The molecule has 30 heavy (non-hydrogen) atoms. The Morgan fingerprint density at radius 3 is 2.60 bits per heavy atom. The number of amides is 1. The molecule has 166 valence electrons. The lowest BCUT2D eigenvalue weighted by atomic mass is 10.1. The number of benzene rings is 1. The summed E-state index contributed by atoms with van der Waals surface area (Å²) in [7, 11) is 5.75. The summed E-state index contributed by atoms with van der Waals surface area (Å²) in [5.74, 6) is 0.711. The van der Waals surface area contributed by atoms with Crippen LogP contribution in [0.1, 0.15) is 32.6 Å². The fourth-order valence-corrected chi connectivity index (χ4v) is 3.90. The van der Waals surface area contributed by atoms with Gasteiger partial charge in [0, 0.05) is 54.5 Å². The minimum absolute atomic E-state index is 0. The molecule has 3 N–H and O–H groups in total. The van der Waals surface area contributed by atoms with E-state index in [0.717, 1.165) is 24.5 Å². The van der Waals surface area contributed by atoms with Crippen LogP contribution < -0.4 is 16.0 Å². The highest BCUT2D eigenvalue weighted by molar-refractivity contribution is 14.0. The van der Waals surface area contributed by atoms with Gasteiger partial charge in [-0.15, -0.1) is 35.3 Å². The molecule has 0 spiro atoms. The fourth-order valence-electron chi connectivity index (χ4n) is 2.88. The summed E-state index contributed by atoms with van der Waals surface area (Å²) in [6.07, 6.45) is 0.960. The van der Waals surface area contributed by atoms with Crippen molar-refractivity contribution in [2.24, 2.45) is 4.99 Å². The van der Waals surface area contributed by atoms with E-state index < -0.39 is 0 Å². The van der Waals surface area contributed by atoms with E-state index >= 15 is 0 Å². The smallest absolute Gasteiger partial charge is 0.251 e. The van der Waals surface area contributed by atoms with Gasteiger partial charge in [0.2, 0.25) is 0 Å². The van der Waals surface area contributed by atoms with Crippen LogP contribution in [0.4, 0.5) is 0 Å². The zero-order chi connectivity index (χ0) is 21.2. The van der Waals surface area contributed by atoms with Gasteiger partial charge >= 0.3 is 0 Å². The number of likely N-dealkylation sites (N-methyl/N-ethyl adjacent to an activating group) is 1. The van der Waals surface area contributed by atoms with Crippen LogP contribution in [-0.2, 0) is 13.0 Å². The van der Waals surface area contributed by atoms with Gasteiger partial charge in [-0.25, -0.2) is 0 Å². The van der Waals surface area contributed by atoms with Crippen molar-refractivity contribution in [3.63, 3.8) is 0 Å². The van der Waals surface area contributed by atoms with E-state index in [-0.39, 0.29) is 35.9 Å². The molecular formula is C22H34IN5OS. The van der Waals surface area contributed by atoms with Crippen LogP contribution in [0.3, 0.4) is 0 Å². The Labute approximate surface area is 201 Å². The largest absolute Gasteiger partial charge is 0.354 e. The number of nitrogens with zero attached hydrogens (tertiary/aromatic N) is 2. The van der Waals surface area contributed by atoms with E-state index in [0.29, 0.717) is 18.7 Å². The topological polar surface area (TPSA) is 68.8 Å². The average Bonchev–Trinajstić information content (AvgIpc) is 3.09. The van der Waals surface area contributed by atoms with E-state index in [2.05, 4.69) is 46.9 Å². The van der Waals surface area contributed by atoms with Crippen LogP contribution in [0.15, 0.2) is 41.4 Å². The van der Waals surface area contributed by atoms with Crippen molar-refractivity contribution in [1.29, 1.82) is 0 Å². The highest BCUT2D eigenvalue weighted by Gasteiger charge is 2.09. The number of nitrogens with one attached hydrogen (secondary N) is 3. The number of aryl methyl sites for hydroxylation is 1. The molecule has 2 aromatic rings. The highest BCUT2D eigenvalue weighted by Crippen LogP contribution is 2.16. The first kappa shape index (κ1) is 26.4. The van der Waals surface area contributed by atoms with Crippen LogP contribution in [0.25, 0.3) is 0 Å². The molecule has 2 rings (SSSR count). The third-order valence-corrected chi connectivity index (χ3v) is 5.43. The second-order valence-corrected chi connectivity index (χ2v) is 8.82. The molecule has 1 amide bonds. The third kappa shape index (κ3) is 9.44. The standard InChI is InChI=1S/C22H33N5OS.HI/c1-16(13-20-10-9-17(2)29-20)26-22(23-3)25-15-18-7-6-8-19(14-18)21(28)24-11-12-27(4)5;/h6-10,14,16H,11-13,15H2,1-5H3,(H,24,28)(H2,23,25,26);1H. The number of aliphatic imine (C=N–C) groups is 1. The molecule has 6 nitrogen and oxygen atoms in total. The number of halogens is 1. The van der Waals surface area contributed by atoms with Crippen molar-refractivity contribution in [1.82, 2.24) is 20.9 Å². The fraction of sp³-hybridized carbons (Fsp3) is 0.455. The molecule has 0 aliphatic heterocycles. The van der Waals surface area contributed by atoms with Crippen molar-refractivity contribution >= 4 is 47.2 Å². The first-order valence-electron chi connectivity index (χ1n) is 9.91. The van der Waals surface area contributed by atoms with Crippen molar-refractivity contribution < 1.29 is 4.79 Å². The van der Waals surface area contributed by atoms with Gasteiger partial charge in [-0.05, 0) is 57.8 Å². The normalized spacial score (nSPS) is 12.3. The average molecular weight is 544 g/mol. The second-order valence-electron chi connectivity index (χ2n) is 7.45. The number of carbonyl (C=O) groups is 1. The van der Waals surface area contributed by atoms with Gasteiger partial charge in [0.1, 0.15) is 0 Å². The zero-order valence-electron chi connectivity index (χ0n) is 18.5. The third-order valence-electron chi connectivity index (χ3n) is 4.40. The zero-order valence-corrected chi connectivity index (χ0v) is 21.6. The van der Waals surface area contributed by atoms with Gasteiger partial charge in [-0.2, -0.15) is 0 Å². The number of hydrogen-bond donors (Lipinski definition) is 3. The molecule has 0 aliphatic rings. The van der Waals surface area contributed by atoms with Gasteiger partial charge in [-0.3, -0.25) is 9.79 Å². The lowest BCUT2D eigenvalue weighted by molar-refractivity contribution is 0.0951. The predicted molar refractivity (Wildman–Crippen MR) is 138 cm³/mol. The molecule has 0 radical (unpaired) electrons. The van der Waals surface area contributed by atoms with Crippen molar-refractivity contribution in [2.75, 3.05) is 34.2 Å². The number of rotatable bonds is 9. The van der Waals surface area contributed by atoms with Gasteiger partial charge in [-0.1, -0.05) is 12.1 Å². The molecule has 1 unspecified atom stereocenters. The summed E-state index contributed by atoms with van der Waals surface area (Å²) < 4.78 is 0. The van der Waals surface area contributed by atoms with Crippen LogP contribution in [0.5, 0.6) is 0 Å². The Kier molecular flexibility index (Phi) is 12.0. The van der Waals surface area contributed by atoms with Gasteiger partial charge < -0.3 is 20.9 Å². The second kappa shape index (κ2) is 13.6. The first-order valence-corrected chi connectivity index (χ1v) is 10.7. The lowest BCUT2D eigenvalue weighted by Crippen LogP contribution is -2.42. The van der Waals surface area contributed by atoms with E-state index in [1.165, 1.54) is 9.75 Å². The minimum atomic E-state index is -0.0453. The molecule has 1 atom stereocenters. The number of thiophene rings is 1. The van der Waals surface area contributed by atoms with Crippen LogP contribution in [0.2, 0.25) is 0 Å². The number of carbonyl (C=O) groups excluding carboxylic acids is 1. The lowest BCUT2D eigenvalue weighted by Gasteiger charge is -2.17. The Morgan fingerprint density at radius 1 is 1.20 bits per heavy atom. The Balaban J connectivity index is 0.00000450. The van der Waals surface area contributed by atoms with Crippen molar-refractivity contribution in [3.05, 3.63) is 57.3 Å². The maximum atomic E-state index is 12.3. The van der Waals surface area contributed by atoms with Crippen LogP contribution in [0, 0.1) is 6.92 Å². The first-order chi connectivity index (χ1) is 13.9. The number of hydrogen-bond acceptors (Lipinski definition) is 4. The van der Waals surface area contributed by atoms with E-state index in [1.54, 1.807) is 7.05 Å². The number of guanidine groups is 1. The Hall–Kier alpha value is -1.65. The summed E-state index contributed by atoms with van der Waals surface area (Å²) in [4.78, 5) is 21.4. The van der Waals surface area contributed by atoms with Crippen LogP contribution in [-0.4, -0.2) is 57.0 Å². The molecule has 8 heteroatoms. The molecule has 0 bridgehead atoms. The highest BCUT2D eigenvalue weighted by atomic mass is 127. The van der Waals surface area contributed by atoms with E-state index in [9.17, 15) is 4.79 Å². The predicted octanol–water partition coefficient (Wildman–Crippen LogP) is 3.26. The summed E-state index contributed by atoms with van der Waals surface area (Å²) in [5, 5.41) is 9.72. The molecule has 0 aliphatic carbocycles. The molecule has 1 aromatic heterocycles. The Morgan fingerprint density at radius 2 is 1.97 bits per heavy atom. The minimum Gasteiger partial charge on any atom is -0.354 e. The summed E-state index contributed by atoms with van der Waals surface area (Å²) in [5.41, 5.74) is 1.71. The van der Waals surface area contributed by atoms with Gasteiger partial charge in [0.05, 0.1) is 0 Å². The molecular weight excluding hydrogens is 509 g/mol. The maximum absolute atomic E-state index is 12.3. The maximum Gasteiger partial charge on any atom is 0.251 e. The van der Waals surface area contributed by atoms with Crippen molar-refractivity contribution in [2.45, 2.75) is 32.9 Å². The van der Waals surface area contributed by atoms with Gasteiger partial charge in [0.15, 0.2) is 5.96 Å². The SMILES string of the molecule is CN=C(NCc1cccc(C(=O)NCCN(C)C)c1)NC(C)Cc1ccc(C)s1.I. The van der Waals surface area contributed by atoms with Crippen molar-refractivity contribution in [3.8, 4) is 0 Å². The summed E-state index contributed by atoms with van der Waals surface area (Å²) in [6.45, 7) is 6.33. The molecule has 1 heterocycles. The Bertz CT molecular complexity index is 821. The summed E-state index contributed by atoms with van der Waals surface area (Å²) in [6, 6.07) is 12.3. The molecule has 0 saturated heterocycles. The molecule has 0 saturated carbocycles. The molecule has 1 aromatic carbocycles. The van der Waals surface area contributed by atoms with Crippen LogP contribution >= 0.6 is 35.3 Å². The molecule has 0 fully saturated rings. The quantitative estimate of drug-likeness (QED) is 0.258. The summed E-state index contributed by atoms with van der Waals surface area (Å²) >= 11 is 1.83. The monoisotopic (exact) mass is 543 g/mol.